The smallest absolute Gasteiger partial charge is 0.410 e. The fourth-order valence-corrected chi connectivity index (χ4v) is 9.70. The molecule has 3 aliphatic heterocycles. The maximum absolute atomic E-state index is 14.7. The van der Waals surface area contributed by atoms with Crippen LogP contribution in [0.5, 0.6) is 0 Å². The Morgan fingerprint density at radius 3 is 2.45 bits per heavy atom. The monoisotopic (exact) mass is 920 g/mol. The van der Waals surface area contributed by atoms with Crippen molar-refractivity contribution < 1.29 is 38.2 Å². The number of amides is 4. The molecule has 67 heavy (non-hydrogen) atoms. The number of nitrogens with zero attached hydrogens (tertiary/aromatic N) is 5. The van der Waals surface area contributed by atoms with Crippen LogP contribution < -0.4 is 10.7 Å². The average Bonchev–Trinajstić information content (AvgIpc) is 3.57. The molecule has 0 radical (unpaired) electrons. The summed E-state index contributed by atoms with van der Waals surface area (Å²) in [4.78, 5) is 77.4. The molecule has 2 aromatic carbocycles. The summed E-state index contributed by atoms with van der Waals surface area (Å²) in [6, 6.07) is 15.8. The zero-order valence-corrected chi connectivity index (χ0v) is 41.1. The van der Waals surface area contributed by atoms with Gasteiger partial charge in [-0.15, -0.1) is 0 Å². The van der Waals surface area contributed by atoms with Crippen molar-refractivity contribution in [1.82, 2.24) is 35.1 Å². The van der Waals surface area contributed by atoms with Gasteiger partial charge in [-0.2, -0.15) is 0 Å². The summed E-state index contributed by atoms with van der Waals surface area (Å²) < 4.78 is 19.8. The molecule has 0 aliphatic carbocycles. The largest absolute Gasteiger partial charge is 0.464 e. The van der Waals surface area contributed by atoms with Crippen molar-refractivity contribution in [2.24, 2.45) is 17.3 Å². The number of benzene rings is 2. The second-order valence-electron chi connectivity index (χ2n) is 20.6. The molecule has 6 bridgehead atoms. The van der Waals surface area contributed by atoms with E-state index in [1.807, 2.05) is 39.0 Å². The molecule has 7 rings (SSSR count). The summed E-state index contributed by atoms with van der Waals surface area (Å²) >= 11 is 0. The fraction of sp³-hybridized carbons (Fsp3) is 0.538. The third kappa shape index (κ3) is 10.7. The van der Waals surface area contributed by atoms with E-state index >= 15 is 0 Å². The number of hydrogen-bond donors (Lipinski definition) is 2. The van der Waals surface area contributed by atoms with Crippen molar-refractivity contribution >= 4 is 40.7 Å². The number of ether oxygens (including phenoxy) is 3. The van der Waals surface area contributed by atoms with Gasteiger partial charge in [0.25, 0.3) is 5.91 Å². The molecule has 2 aromatic heterocycles. The number of rotatable bonds is 9. The third-order valence-corrected chi connectivity index (χ3v) is 13.2. The summed E-state index contributed by atoms with van der Waals surface area (Å²) in [5.41, 5.74) is 9.77. The van der Waals surface area contributed by atoms with E-state index in [1.165, 1.54) is 14.8 Å². The van der Waals surface area contributed by atoms with E-state index < -0.39 is 58.9 Å². The number of nitrogens with one attached hydrogen (secondary N) is 2. The number of likely N-dealkylation sites (tertiary alicyclic amines) is 1. The molecule has 3 aliphatic rings. The van der Waals surface area contributed by atoms with E-state index in [2.05, 4.69) is 72.5 Å². The molecule has 15 nitrogen and oxygen atoms in total. The lowest BCUT2D eigenvalue weighted by atomic mass is 9.84. The molecule has 15 heteroatoms. The lowest BCUT2D eigenvalue weighted by molar-refractivity contribution is -0.155. The Labute approximate surface area is 394 Å². The van der Waals surface area contributed by atoms with Gasteiger partial charge in [-0.1, -0.05) is 58.0 Å². The zero-order chi connectivity index (χ0) is 48.5. The number of likely N-dealkylation sites (N-methyl/N-ethyl adjacent to an activating group) is 1. The summed E-state index contributed by atoms with van der Waals surface area (Å²) in [5, 5.41) is 5.56. The van der Waals surface area contributed by atoms with Gasteiger partial charge in [0.15, 0.2) is 0 Å². The molecule has 4 aromatic rings. The highest BCUT2D eigenvalue weighted by molar-refractivity contribution is 5.96. The Morgan fingerprint density at radius 1 is 1.03 bits per heavy atom. The van der Waals surface area contributed by atoms with E-state index in [9.17, 15) is 24.0 Å². The van der Waals surface area contributed by atoms with E-state index in [0.717, 1.165) is 50.1 Å². The highest BCUT2D eigenvalue weighted by Gasteiger charge is 2.43. The van der Waals surface area contributed by atoms with Crippen molar-refractivity contribution in [3.63, 3.8) is 0 Å². The summed E-state index contributed by atoms with van der Waals surface area (Å²) in [5.74, 6) is -2.43. The van der Waals surface area contributed by atoms with Crippen LogP contribution in [0.4, 0.5) is 4.79 Å². The van der Waals surface area contributed by atoms with Crippen LogP contribution in [0.1, 0.15) is 98.1 Å². The maximum Gasteiger partial charge on any atom is 0.410 e. The van der Waals surface area contributed by atoms with E-state index in [-0.39, 0.29) is 44.0 Å². The van der Waals surface area contributed by atoms with Gasteiger partial charge >= 0.3 is 12.1 Å². The number of aryl methyl sites for hydroxylation is 1. The Kier molecular flexibility index (Phi) is 14.5. The van der Waals surface area contributed by atoms with Crippen molar-refractivity contribution in [3.8, 4) is 22.4 Å². The average molecular weight is 920 g/mol. The lowest BCUT2D eigenvalue weighted by Gasteiger charge is -2.42. The lowest BCUT2D eigenvalue weighted by Crippen LogP contribution is -2.63. The minimum atomic E-state index is -1.06. The zero-order valence-electron chi connectivity index (χ0n) is 41.1. The molecule has 2 saturated heterocycles. The van der Waals surface area contributed by atoms with Gasteiger partial charge in [0.05, 0.1) is 30.0 Å². The number of fused-ring (bicyclic) bond motifs is 6. The first-order valence-corrected chi connectivity index (χ1v) is 23.7. The Hall–Kier alpha value is -5.80. The number of carbonyl (C=O) groups excluding carboxylic acids is 5. The molecule has 2 fully saturated rings. The predicted octanol–water partition coefficient (Wildman–Crippen LogP) is 7.10. The number of aromatic nitrogens is 2. The number of cyclic esters (lactones) is 1. The molecule has 4 atom stereocenters. The van der Waals surface area contributed by atoms with Gasteiger partial charge in [0, 0.05) is 74.8 Å². The quantitative estimate of drug-likeness (QED) is 0.166. The Bertz CT molecular complexity index is 2500. The van der Waals surface area contributed by atoms with Gasteiger partial charge < -0.3 is 33.9 Å². The first-order chi connectivity index (χ1) is 31.7. The van der Waals surface area contributed by atoms with Crippen molar-refractivity contribution in [2.45, 2.75) is 124 Å². The van der Waals surface area contributed by atoms with Crippen LogP contribution in [0, 0.1) is 17.3 Å². The number of esters is 1. The highest BCUT2D eigenvalue weighted by Crippen LogP contribution is 2.42. The molecule has 1 unspecified atom stereocenters. The van der Waals surface area contributed by atoms with Gasteiger partial charge in [0.2, 0.25) is 11.8 Å². The molecule has 0 saturated carbocycles. The predicted molar refractivity (Wildman–Crippen MR) is 256 cm³/mol. The summed E-state index contributed by atoms with van der Waals surface area (Å²) in [6.07, 6.45) is 2.79. The summed E-state index contributed by atoms with van der Waals surface area (Å²) in [6.45, 7) is 18.9. The van der Waals surface area contributed by atoms with Crippen LogP contribution >= 0.6 is 0 Å². The van der Waals surface area contributed by atoms with Crippen molar-refractivity contribution in [2.75, 3.05) is 40.4 Å². The van der Waals surface area contributed by atoms with Crippen LogP contribution in [0.2, 0.25) is 0 Å². The van der Waals surface area contributed by atoms with E-state index in [0.29, 0.717) is 32.4 Å². The van der Waals surface area contributed by atoms with Crippen LogP contribution in [-0.2, 0) is 52.8 Å². The molecular weight excluding hydrogens is 851 g/mol. The van der Waals surface area contributed by atoms with Crippen molar-refractivity contribution in [3.05, 3.63) is 77.6 Å². The van der Waals surface area contributed by atoms with Crippen LogP contribution in [0.3, 0.4) is 0 Å². The fourth-order valence-electron chi connectivity index (χ4n) is 9.70. The second-order valence-corrected chi connectivity index (χ2v) is 20.6. The minimum absolute atomic E-state index is 0.133. The first-order valence-electron chi connectivity index (χ1n) is 23.7. The topological polar surface area (TPSA) is 165 Å². The van der Waals surface area contributed by atoms with Crippen LogP contribution in [0.25, 0.3) is 33.3 Å². The van der Waals surface area contributed by atoms with Crippen LogP contribution in [-0.4, -0.2) is 118 Å². The van der Waals surface area contributed by atoms with Gasteiger partial charge in [0.1, 0.15) is 23.7 Å². The van der Waals surface area contributed by atoms with Crippen LogP contribution in [0.15, 0.2) is 60.8 Å². The number of hydrazine groups is 1. The minimum Gasteiger partial charge on any atom is -0.464 e. The molecular formula is C52H69N7O8. The van der Waals surface area contributed by atoms with E-state index in [1.54, 1.807) is 41.1 Å². The number of hydrogen-bond acceptors (Lipinski definition) is 10. The van der Waals surface area contributed by atoms with Crippen molar-refractivity contribution in [1.29, 1.82) is 0 Å². The number of carbonyl (C=O) groups is 5. The Balaban J connectivity index is 1.25. The van der Waals surface area contributed by atoms with Gasteiger partial charge in [-0.05, 0) is 106 Å². The number of methoxy groups -OCH3 is 1. The Morgan fingerprint density at radius 2 is 1.76 bits per heavy atom. The molecule has 5 heterocycles. The third-order valence-electron chi connectivity index (χ3n) is 13.2. The second kappa shape index (κ2) is 19.8. The van der Waals surface area contributed by atoms with Gasteiger partial charge in [-0.3, -0.25) is 29.2 Å². The summed E-state index contributed by atoms with van der Waals surface area (Å²) in [7, 11) is 3.28. The van der Waals surface area contributed by atoms with E-state index in [4.69, 9.17) is 19.2 Å². The van der Waals surface area contributed by atoms with Gasteiger partial charge in [-0.25, -0.2) is 10.2 Å². The normalized spacial score (nSPS) is 20.1. The molecule has 360 valence electrons. The number of pyridine rings is 1. The SMILES string of the molecule is CCn1c(-c2cccnc2[C@H](C)OC)c2c3cc(ccc31)-c1cccc(c1)CC(NC(=O)[C@H](C(C)C)N(C)C(=O)C1CN(C(=O)OC(C)(C)C)C1)C(=O)N1CCC[C@H](N1)C(=O)OCC(C)(C)C2. The standard InChI is InChI=1S/C52H69N7O8/c1-12-58-42-21-20-35-26-38(42)39(45(58)37-18-14-22-53-43(37)32(4)65-11)27-52(8,9)30-66-49(63)40-19-15-23-59(55-40)48(62)41(25-33-16-13-17-34(35)24-33)54-46(60)44(31(2)3)56(10)47(61)36-28-57(29-36)50(64)67-51(5,6)7/h13-14,16-18,20-22,24,26,31-32,36,40-41,44,55H,12,15,19,23,25,27-30H2,1-11H3,(H,54,60)/t32-,40-,41?,44-/m0/s1. The molecule has 0 spiro atoms. The molecule has 4 amide bonds. The maximum atomic E-state index is 14.7. The molecule has 2 N–H and O–H groups in total. The highest BCUT2D eigenvalue weighted by atomic mass is 16.6. The first kappa shape index (κ1) is 49.1.